The van der Waals surface area contributed by atoms with Gasteiger partial charge in [0.15, 0.2) is 0 Å². The number of hydrogen-bond acceptors (Lipinski definition) is 1. The second-order valence-electron chi connectivity index (χ2n) is 1.71. The van der Waals surface area contributed by atoms with Gasteiger partial charge in [-0.05, 0) is 6.42 Å². The monoisotopic (exact) mass is 114 g/mol. The lowest BCUT2D eigenvalue weighted by atomic mass is 10.3. The van der Waals surface area contributed by atoms with E-state index in [9.17, 15) is 0 Å². The topological polar surface area (TPSA) is 46.8 Å². The molecule has 46 valence electrons. The highest BCUT2D eigenvalue weighted by Gasteiger charge is 1.89. The molecule has 0 radical (unpaired) electrons. The van der Waals surface area contributed by atoms with Crippen LogP contribution in [0.25, 0.3) is 0 Å². The molecule has 0 bridgehead atoms. The van der Waals surface area contributed by atoms with Crippen molar-refractivity contribution in [3.63, 3.8) is 0 Å². The minimum atomic E-state index is 0.455. The lowest BCUT2D eigenvalue weighted by Gasteiger charge is -1.86. The van der Waals surface area contributed by atoms with Crippen molar-refractivity contribution in [2.75, 3.05) is 0 Å². The van der Waals surface area contributed by atoms with E-state index in [0.717, 1.165) is 6.42 Å². The summed E-state index contributed by atoms with van der Waals surface area (Å²) < 4.78 is 0. The maximum Gasteiger partial charge on any atom is 0.227 e. The predicted molar refractivity (Wildman–Crippen MR) is 35.4 cm³/mol. The van der Waals surface area contributed by atoms with Gasteiger partial charge >= 0.3 is 0 Å². The molecule has 0 aromatic rings. The van der Waals surface area contributed by atoms with E-state index in [0.29, 0.717) is 11.5 Å². The van der Waals surface area contributed by atoms with Gasteiger partial charge in [0.05, 0.1) is 0 Å². The zero-order valence-electron chi connectivity index (χ0n) is 5.28. The van der Waals surface area contributed by atoms with Crippen molar-refractivity contribution in [2.45, 2.75) is 20.3 Å². The van der Waals surface area contributed by atoms with Crippen LogP contribution in [0.1, 0.15) is 20.3 Å². The van der Waals surface area contributed by atoms with E-state index >= 15 is 0 Å². The summed E-state index contributed by atoms with van der Waals surface area (Å²) >= 11 is 0. The molecule has 0 heterocycles. The Hall–Kier alpha value is -0.790. The molecule has 2 heteroatoms. The Morgan fingerprint density at radius 2 is 2.25 bits per heavy atom. The average Bonchev–Trinajstić information content (AvgIpc) is 1.65. The first-order chi connectivity index (χ1) is 3.66. The zero-order chi connectivity index (χ0) is 6.57. The van der Waals surface area contributed by atoms with E-state index in [1.807, 2.05) is 6.92 Å². The normalized spacial score (nSPS) is 11.5. The molecule has 0 spiro atoms. The molecule has 0 saturated carbocycles. The van der Waals surface area contributed by atoms with E-state index < -0.39 is 0 Å². The van der Waals surface area contributed by atoms with Gasteiger partial charge in [0, 0.05) is 18.7 Å². The summed E-state index contributed by atoms with van der Waals surface area (Å²) in [6, 6.07) is 0. The van der Waals surface area contributed by atoms with Gasteiger partial charge in [-0.2, -0.15) is 0 Å². The molecule has 0 aliphatic rings. The summed E-state index contributed by atoms with van der Waals surface area (Å²) in [6.45, 7) is 3.58. The quantitative estimate of drug-likeness (QED) is 0.317. The van der Waals surface area contributed by atoms with Gasteiger partial charge in [-0.1, -0.05) is 6.92 Å². The van der Waals surface area contributed by atoms with Crippen molar-refractivity contribution >= 4 is 5.71 Å². The van der Waals surface area contributed by atoms with Crippen molar-refractivity contribution in [3.05, 3.63) is 11.8 Å². The largest absolute Gasteiger partial charge is 0.597 e. The number of nitrogens with one attached hydrogen (secondary N) is 1. The van der Waals surface area contributed by atoms with Crippen LogP contribution in [0.4, 0.5) is 0 Å². The SMILES string of the molecule is CCC(=N)/C=C(/C)[OH2+]. The summed E-state index contributed by atoms with van der Waals surface area (Å²) in [5.41, 5.74) is 0.525. The first-order valence-corrected chi connectivity index (χ1v) is 2.64. The molecule has 2 nitrogen and oxygen atoms in total. The smallest absolute Gasteiger partial charge is 0.227 e. The first kappa shape index (κ1) is 7.21. The molecule has 0 aliphatic carbocycles. The Kier molecular flexibility index (Phi) is 2.92. The Morgan fingerprint density at radius 3 is 2.38 bits per heavy atom. The molecular weight excluding hydrogens is 102 g/mol. The van der Waals surface area contributed by atoms with E-state index in [-0.39, 0.29) is 0 Å². The van der Waals surface area contributed by atoms with E-state index in [1.165, 1.54) is 0 Å². The van der Waals surface area contributed by atoms with Gasteiger partial charge in [0.25, 0.3) is 0 Å². The maximum absolute atomic E-state index is 7.07. The highest BCUT2D eigenvalue weighted by molar-refractivity contribution is 5.92. The van der Waals surface area contributed by atoms with E-state index in [2.05, 4.69) is 0 Å². The second-order valence-corrected chi connectivity index (χ2v) is 1.71. The molecule has 3 N–H and O–H groups in total. The predicted octanol–water partition coefficient (Wildman–Crippen LogP) is 1.04. The van der Waals surface area contributed by atoms with Gasteiger partial charge in [0.2, 0.25) is 5.76 Å². The van der Waals surface area contributed by atoms with Crippen LogP contribution in [-0.2, 0) is 0 Å². The van der Waals surface area contributed by atoms with Gasteiger partial charge in [0.1, 0.15) is 0 Å². The molecule has 8 heavy (non-hydrogen) atoms. The molecule has 0 amide bonds. The van der Waals surface area contributed by atoms with E-state index in [1.54, 1.807) is 13.0 Å². The third kappa shape index (κ3) is 3.40. The lowest BCUT2D eigenvalue weighted by Crippen LogP contribution is -1.87. The Bertz CT molecular complexity index is 112. The van der Waals surface area contributed by atoms with Crippen molar-refractivity contribution < 1.29 is 5.11 Å². The van der Waals surface area contributed by atoms with Crippen molar-refractivity contribution in [3.8, 4) is 0 Å². The van der Waals surface area contributed by atoms with Crippen LogP contribution >= 0.6 is 0 Å². The van der Waals surface area contributed by atoms with Crippen LogP contribution in [0.2, 0.25) is 0 Å². The molecular formula is C6H12NO+. The summed E-state index contributed by atoms with van der Waals surface area (Å²) in [7, 11) is 0. The fraction of sp³-hybridized carbons (Fsp3) is 0.500. The van der Waals surface area contributed by atoms with Crippen LogP contribution in [0.15, 0.2) is 11.8 Å². The van der Waals surface area contributed by atoms with Crippen LogP contribution in [0.3, 0.4) is 0 Å². The minimum Gasteiger partial charge on any atom is -0.597 e. The van der Waals surface area contributed by atoms with Gasteiger partial charge in [-0.25, -0.2) is 0 Å². The fourth-order valence-corrected chi connectivity index (χ4v) is 0.363. The number of hydrogen-bond donors (Lipinski definition) is 1. The van der Waals surface area contributed by atoms with Crippen LogP contribution in [-0.4, -0.2) is 10.8 Å². The first-order valence-electron chi connectivity index (χ1n) is 2.64. The average molecular weight is 114 g/mol. The van der Waals surface area contributed by atoms with Crippen molar-refractivity contribution in [2.24, 2.45) is 0 Å². The Labute approximate surface area is 49.4 Å². The third-order valence-electron chi connectivity index (χ3n) is 0.772. The summed E-state index contributed by atoms with van der Waals surface area (Å²) in [4.78, 5) is 0. The molecule has 0 aliphatic heterocycles. The second kappa shape index (κ2) is 3.24. The molecule has 0 fully saturated rings. The summed E-state index contributed by atoms with van der Waals surface area (Å²) in [6.07, 6.45) is 2.27. The van der Waals surface area contributed by atoms with Crippen molar-refractivity contribution in [1.29, 1.82) is 5.41 Å². The third-order valence-corrected chi connectivity index (χ3v) is 0.772. The highest BCUT2D eigenvalue weighted by Crippen LogP contribution is 1.88. The van der Waals surface area contributed by atoms with Crippen LogP contribution < -0.4 is 0 Å². The maximum atomic E-state index is 7.07. The molecule has 0 aromatic heterocycles. The highest BCUT2D eigenvalue weighted by atomic mass is 16.3. The number of rotatable bonds is 2. The fourth-order valence-electron chi connectivity index (χ4n) is 0.363. The van der Waals surface area contributed by atoms with E-state index in [4.69, 9.17) is 10.5 Å². The van der Waals surface area contributed by atoms with Crippen LogP contribution in [0, 0.1) is 5.41 Å². The summed E-state index contributed by atoms with van der Waals surface area (Å²) in [5, 5.41) is 14.0. The Morgan fingerprint density at radius 1 is 1.75 bits per heavy atom. The zero-order valence-corrected chi connectivity index (χ0v) is 5.28. The van der Waals surface area contributed by atoms with Crippen LogP contribution in [0.5, 0.6) is 0 Å². The van der Waals surface area contributed by atoms with Gasteiger partial charge in [-0.3, -0.25) is 0 Å². The number of allylic oxidation sites excluding steroid dienone is 2. The molecule has 0 aromatic carbocycles. The molecule has 0 saturated heterocycles. The summed E-state index contributed by atoms with van der Waals surface area (Å²) in [5.74, 6) is 0.455. The van der Waals surface area contributed by atoms with Crippen molar-refractivity contribution in [1.82, 2.24) is 0 Å². The standard InChI is InChI=1S/C6H11NO/c1-3-6(7)4-5(2)8/h4,7-8H,3H2,1-2H3/p+1/b5-4-,7-6?. The minimum absolute atomic E-state index is 0.455. The van der Waals surface area contributed by atoms with Gasteiger partial charge in [-0.15, -0.1) is 0 Å². The molecule has 0 unspecified atom stereocenters. The molecule has 0 atom stereocenters. The lowest BCUT2D eigenvalue weighted by molar-refractivity contribution is 0.415. The molecule has 0 rings (SSSR count). The van der Waals surface area contributed by atoms with Gasteiger partial charge < -0.3 is 10.5 Å². The Balaban J connectivity index is 3.70.